The summed E-state index contributed by atoms with van der Waals surface area (Å²) < 4.78 is 0. The molecule has 1 fully saturated rings. The highest BCUT2D eigenvalue weighted by Gasteiger charge is 2.18. The van der Waals surface area contributed by atoms with Crippen molar-refractivity contribution in [3.63, 3.8) is 0 Å². The Hall–Kier alpha value is -0.0862. The van der Waals surface area contributed by atoms with Gasteiger partial charge in [0.05, 0.1) is 16.1 Å². The average Bonchev–Trinajstić information content (AvgIpc) is 2.27. The van der Waals surface area contributed by atoms with Gasteiger partial charge in [-0.15, -0.1) is 0 Å². The van der Waals surface area contributed by atoms with Gasteiger partial charge in [-0.1, -0.05) is 68.2 Å². The van der Waals surface area contributed by atoms with Gasteiger partial charge in [-0.25, -0.2) is 0 Å². The Balaban J connectivity index is 3.04. The minimum absolute atomic E-state index is 1.07. The van der Waals surface area contributed by atoms with Gasteiger partial charge in [-0.3, -0.25) is 0 Å². The van der Waals surface area contributed by atoms with Crippen LogP contribution in [0.25, 0.3) is 0 Å². The number of hydrogen-bond acceptors (Lipinski definition) is 0. The fraction of sp³-hybridized carbons (Fsp3) is 0.733. The average molecular weight is 267 g/mol. The van der Waals surface area contributed by atoms with Crippen molar-refractivity contribution in [2.24, 2.45) is 0 Å². The van der Waals surface area contributed by atoms with Gasteiger partial charge in [0.2, 0.25) is 0 Å². The highest BCUT2D eigenvalue weighted by molar-refractivity contribution is 6.81. The van der Waals surface area contributed by atoms with Crippen molar-refractivity contribution >= 4 is 16.1 Å². The second-order valence-corrected chi connectivity index (χ2v) is 17.7. The predicted octanol–water partition coefficient (Wildman–Crippen LogP) is 5.56. The summed E-state index contributed by atoms with van der Waals surface area (Å²) in [5.74, 6) is 0. The number of allylic oxidation sites excluding steroid dienone is 2. The second kappa shape index (κ2) is 5.70. The third-order valence-electron chi connectivity index (χ3n) is 3.02. The lowest BCUT2D eigenvalue weighted by atomic mass is 10.1. The molecule has 0 aromatic carbocycles. The van der Waals surface area contributed by atoms with Crippen LogP contribution in [-0.2, 0) is 0 Å². The molecule has 0 aromatic rings. The molecule has 17 heavy (non-hydrogen) atoms. The molecule has 98 valence electrons. The second-order valence-electron chi connectivity index (χ2n) is 7.63. The maximum Gasteiger partial charge on any atom is 0.0690 e. The van der Waals surface area contributed by atoms with Gasteiger partial charge in [-0.05, 0) is 25.7 Å². The third kappa shape index (κ3) is 6.42. The van der Waals surface area contributed by atoms with Gasteiger partial charge >= 0.3 is 0 Å². The fourth-order valence-corrected chi connectivity index (χ4v) is 5.25. The van der Waals surface area contributed by atoms with Gasteiger partial charge in [0.1, 0.15) is 0 Å². The quantitative estimate of drug-likeness (QED) is 0.453. The molecule has 0 aliphatic heterocycles. The molecule has 0 atom stereocenters. The summed E-state index contributed by atoms with van der Waals surface area (Å²) in [5, 5.41) is 0. The molecule has 0 radical (unpaired) electrons. The first kappa shape index (κ1) is 15.0. The maximum absolute atomic E-state index is 2.66. The van der Waals surface area contributed by atoms with Crippen LogP contribution in [-0.4, -0.2) is 16.1 Å². The first-order valence-electron chi connectivity index (χ1n) is 7.11. The van der Waals surface area contributed by atoms with Gasteiger partial charge < -0.3 is 0 Å². The molecule has 0 amide bonds. The minimum Gasteiger partial charge on any atom is -0.0916 e. The monoisotopic (exact) mass is 266 g/mol. The largest absolute Gasteiger partial charge is 0.0916 e. The fourth-order valence-electron chi connectivity index (χ4n) is 2.50. The van der Waals surface area contributed by atoms with Crippen LogP contribution in [0, 0.1) is 0 Å². The SMILES string of the molecule is C[Si](C)(C)/C=C1/CCCCC/C1=C/[Si](C)(C)C. The van der Waals surface area contributed by atoms with Crippen LogP contribution >= 0.6 is 0 Å². The van der Waals surface area contributed by atoms with E-state index < -0.39 is 16.1 Å². The number of hydrogen-bond donors (Lipinski definition) is 0. The van der Waals surface area contributed by atoms with E-state index in [1.165, 1.54) is 32.1 Å². The van der Waals surface area contributed by atoms with Crippen LogP contribution in [0.15, 0.2) is 22.5 Å². The number of rotatable bonds is 2. The molecule has 0 bridgehead atoms. The Kier molecular flexibility index (Phi) is 5.02. The van der Waals surface area contributed by atoms with Crippen LogP contribution in [0.5, 0.6) is 0 Å². The molecule has 0 spiro atoms. The summed E-state index contributed by atoms with van der Waals surface area (Å²) >= 11 is 0. The Morgan fingerprint density at radius 3 is 1.29 bits per heavy atom. The highest BCUT2D eigenvalue weighted by atomic mass is 28.3. The Morgan fingerprint density at radius 2 is 1.00 bits per heavy atom. The van der Waals surface area contributed by atoms with Crippen molar-refractivity contribution in [1.82, 2.24) is 0 Å². The van der Waals surface area contributed by atoms with Crippen molar-refractivity contribution in [3.05, 3.63) is 22.5 Å². The molecular formula is C15H30Si2. The minimum atomic E-state index is -1.07. The Morgan fingerprint density at radius 1 is 0.647 bits per heavy atom. The topological polar surface area (TPSA) is 0 Å². The molecular weight excluding hydrogens is 236 g/mol. The van der Waals surface area contributed by atoms with Crippen LogP contribution < -0.4 is 0 Å². The van der Waals surface area contributed by atoms with E-state index in [0.717, 1.165) is 0 Å². The Bertz CT molecular complexity index is 279. The molecule has 0 heterocycles. The van der Waals surface area contributed by atoms with Gasteiger partial charge in [0, 0.05) is 0 Å². The van der Waals surface area contributed by atoms with E-state index in [1.54, 1.807) is 11.1 Å². The lowest BCUT2D eigenvalue weighted by Crippen LogP contribution is -2.20. The molecule has 0 aromatic heterocycles. The van der Waals surface area contributed by atoms with Crippen molar-refractivity contribution in [2.45, 2.75) is 71.4 Å². The Labute approximate surface area is 110 Å². The van der Waals surface area contributed by atoms with Gasteiger partial charge in [-0.2, -0.15) is 0 Å². The molecule has 1 aliphatic carbocycles. The van der Waals surface area contributed by atoms with E-state index in [2.05, 4.69) is 50.7 Å². The zero-order valence-electron chi connectivity index (χ0n) is 12.7. The van der Waals surface area contributed by atoms with E-state index in [9.17, 15) is 0 Å². The molecule has 0 unspecified atom stereocenters. The summed E-state index contributed by atoms with van der Waals surface area (Å²) in [4.78, 5) is 0. The molecule has 0 saturated heterocycles. The van der Waals surface area contributed by atoms with Crippen LogP contribution in [0.1, 0.15) is 32.1 Å². The van der Waals surface area contributed by atoms with E-state index in [0.29, 0.717) is 0 Å². The van der Waals surface area contributed by atoms with E-state index in [4.69, 9.17) is 0 Å². The summed E-state index contributed by atoms with van der Waals surface area (Å²) in [5.41, 5.74) is 8.74. The molecule has 0 N–H and O–H groups in total. The summed E-state index contributed by atoms with van der Waals surface area (Å²) in [6, 6.07) is 0. The summed E-state index contributed by atoms with van der Waals surface area (Å²) in [6.07, 6.45) is 6.89. The lowest BCUT2D eigenvalue weighted by molar-refractivity contribution is 0.719. The van der Waals surface area contributed by atoms with E-state index in [1.807, 2.05) is 0 Å². The lowest BCUT2D eigenvalue weighted by Gasteiger charge is -2.19. The van der Waals surface area contributed by atoms with E-state index in [-0.39, 0.29) is 0 Å². The van der Waals surface area contributed by atoms with Crippen LogP contribution in [0.4, 0.5) is 0 Å². The van der Waals surface area contributed by atoms with Crippen molar-refractivity contribution < 1.29 is 0 Å². The molecule has 1 rings (SSSR count). The molecule has 0 nitrogen and oxygen atoms in total. The van der Waals surface area contributed by atoms with Crippen molar-refractivity contribution in [3.8, 4) is 0 Å². The normalized spacial score (nSPS) is 24.1. The van der Waals surface area contributed by atoms with Crippen LogP contribution in [0.2, 0.25) is 39.3 Å². The zero-order chi connectivity index (χ0) is 13.1. The highest BCUT2D eigenvalue weighted by Crippen LogP contribution is 2.30. The van der Waals surface area contributed by atoms with Gasteiger partial charge in [0.25, 0.3) is 0 Å². The van der Waals surface area contributed by atoms with Gasteiger partial charge in [0.15, 0.2) is 0 Å². The maximum atomic E-state index is 2.66. The summed E-state index contributed by atoms with van der Waals surface area (Å²) in [7, 11) is -2.14. The van der Waals surface area contributed by atoms with E-state index >= 15 is 0 Å². The first-order chi connectivity index (χ1) is 7.67. The third-order valence-corrected chi connectivity index (χ3v) is 5.45. The van der Waals surface area contributed by atoms with Crippen molar-refractivity contribution in [2.75, 3.05) is 0 Å². The molecule has 1 aliphatic rings. The predicted molar refractivity (Wildman–Crippen MR) is 85.9 cm³/mol. The molecule has 1 saturated carbocycles. The first-order valence-corrected chi connectivity index (χ1v) is 14.3. The van der Waals surface area contributed by atoms with Crippen LogP contribution in [0.3, 0.4) is 0 Å². The smallest absolute Gasteiger partial charge is 0.0690 e. The van der Waals surface area contributed by atoms with Crippen molar-refractivity contribution in [1.29, 1.82) is 0 Å². The summed E-state index contributed by atoms with van der Waals surface area (Å²) in [6.45, 7) is 14.7. The standard InChI is InChI=1S/C15H30Si2/c1-16(2,3)12-14-10-8-7-9-11-15(14)13-17(4,5)6/h12-13H,7-11H2,1-6H3/b14-12-,15-13-. The molecule has 2 heteroatoms. The zero-order valence-corrected chi connectivity index (χ0v) is 14.7.